The first kappa shape index (κ1) is 23.0. The van der Waals surface area contributed by atoms with Gasteiger partial charge >= 0.3 is 5.00 Å². The van der Waals surface area contributed by atoms with Crippen molar-refractivity contribution in [3.63, 3.8) is 0 Å². The van der Waals surface area contributed by atoms with Crippen LogP contribution in [-0.4, -0.2) is 30.0 Å². The second-order valence-corrected chi connectivity index (χ2v) is 8.40. The highest BCUT2D eigenvalue weighted by molar-refractivity contribution is 7.18. The Labute approximate surface area is 198 Å². The zero-order valence-electron chi connectivity index (χ0n) is 18.9. The Hall–Kier alpha value is -4.18. The van der Waals surface area contributed by atoms with Crippen LogP contribution in [0.5, 0.6) is 11.5 Å². The van der Waals surface area contributed by atoms with Gasteiger partial charge < -0.3 is 13.9 Å². The van der Waals surface area contributed by atoms with Crippen molar-refractivity contribution in [3.05, 3.63) is 70.1 Å². The Morgan fingerprint density at radius 3 is 2.68 bits per heavy atom. The average Bonchev–Trinajstić information content (AvgIpc) is 3.46. The van der Waals surface area contributed by atoms with Crippen LogP contribution >= 0.6 is 11.3 Å². The van der Waals surface area contributed by atoms with Crippen molar-refractivity contribution < 1.29 is 23.6 Å². The maximum Gasteiger partial charge on any atom is 0.345 e. The minimum absolute atomic E-state index is 0.146. The number of fused-ring (bicyclic) bond motifs is 1. The number of benzene rings is 2. The lowest BCUT2D eigenvalue weighted by molar-refractivity contribution is -0.380. The molecule has 1 amide bonds. The van der Waals surface area contributed by atoms with Gasteiger partial charge in [-0.25, -0.2) is 4.98 Å². The summed E-state index contributed by atoms with van der Waals surface area (Å²) in [5.41, 5.74) is 4.55. The van der Waals surface area contributed by atoms with Gasteiger partial charge in [0.05, 0.1) is 25.4 Å². The fraction of sp³-hybridized carbons (Fsp3) is 0.167. The number of carbonyl (C=O) groups is 1. The van der Waals surface area contributed by atoms with Gasteiger partial charge in [0.25, 0.3) is 0 Å². The first-order valence-electron chi connectivity index (χ1n) is 10.2. The molecule has 2 heterocycles. The summed E-state index contributed by atoms with van der Waals surface area (Å²) in [5.74, 6) is 0.836. The first-order valence-corrected chi connectivity index (χ1v) is 11.0. The number of nitrogens with zero attached hydrogens (tertiary/aromatic N) is 2. The van der Waals surface area contributed by atoms with E-state index in [2.05, 4.69) is 10.3 Å². The van der Waals surface area contributed by atoms with E-state index in [1.54, 1.807) is 27.4 Å². The number of furan rings is 1. The number of allylic oxidation sites excluding steroid dienone is 1. The number of carbonyl (C=O) groups excluding carboxylic acids is 1. The lowest BCUT2D eigenvalue weighted by atomic mass is 9.96. The molecule has 9 nitrogen and oxygen atoms in total. The number of nitrogens with one attached hydrogen (secondary N) is 1. The van der Waals surface area contributed by atoms with Crippen molar-refractivity contribution in [2.24, 2.45) is 0 Å². The summed E-state index contributed by atoms with van der Waals surface area (Å²) < 4.78 is 17.1. The summed E-state index contributed by atoms with van der Waals surface area (Å²) >= 11 is 0.788. The van der Waals surface area contributed by atoms with Crippen molar-refractivity contribution in [1.29, 1.82) is 0 Å². The van der Waals surface area contributed by atoms with E-state index in [9.17, 15) is 14.9 Å². The van der Waals surface area contributed by atoms with Crippen LogP contribution < -0.4 is 14.8 Å². The molecular weight excluding hydrogens is 458 g/mol. The summed E-state index contributed by atoms with van der Waals surface area (Å²) in [6.45, 7) is 3.68. The molecular formula is C24H21N3O6S. The predicted molar refractivity (Wildman–Crippen MR) is 131 cm³/mol. The molecule has 0 unspecified atom stereocenters. The number of ether oxygens (including phenoxy) is 2. The number of hydrogen-bond acceptors (Lipinski definition) is 8. The molecule has 4 aromatic rings. The second-order valence-electron chi connectivity index (χ2n) is 7.39. The van der Waals surface area contributed by atoms with E-state index in [1.165, 1.54) is 6.08 Å². The highest BCUT2D eigenvalue weighted by Crippen LogP contribution is 2.42. The van der Waals surface area contributed by atoms with E-state index in [0.717, 1.165) is 39.6 Å². The number of anilines is 1. The number of thiazole rings is 1. The molecule has 0 atom stereocenters. The topological polar surface area (TPSA) is 117 Å². The molecule has 1 N–H and O–H groups in total. The van der Waals surface area contributed by atoms with Gasteiger partial charge in [0, 0.05) is 33.7 Å². The van der Waals surface area contributed by atoms with Gasteiger partial charge in [-0.15, -0.1) is 0 Å². The van der Waals surface area contributed by atoms with Crippen molar-refractivity contribution in [2.75, 3.05) is 19.5 Å². The Bertz CT molecular complexity index is 1440. The second kappa shape index (κ2) is 9.36. The number of hydrogen-bond donors (Lipinski definition) is 1. The molecule has 2 aromatic carbocycles. The summed E-state index contributed by atoms with van der Waals surface area (Å²) in [4.78, 5) is 26.7. The standard InChI is InChI=1S/C24H21N3O6S/c1-13(9-20(28)26-24-25-11-21(34-24)27(29)30)16-10-17-18(15-7-5-6-8-19(15)31-3)12-33-23(17)14(2)22(16)32-4/h5-12H,1-4H3,(H,25,26,28)/b13-9+. The Morgan fingerprint density at radius 1 is 1.24 bits per heavy atom. The summed E-state index contributed by atoms with van der Waals surface area (Å²) in [6.07, 6.45) is 4.19. The van der Waals surface area contributed by atoms with Crippen LogP contribution in [0.4, 0.5) is 10.1 Å². The average molecular weight is 480 g/mol. The smallest absolute Gasteiger partial charge is 0.345 e. The van der Waals surface area contributed by atoms with E-state index in [4.69, 9.17) is 13.9 Å². The molecule has 0 fully saturated rings. The molecule has 4 rings (SSSR count). The van der Waals surface area contributed by atoms with Crippen LogP contribution in [0, 0.1) is 17.0 Å². The van der Waals surface area contributed by atoms with Crippen LogP contribution in [0.1, 0.15) is 18.1 Å². The van der Waals surface area contributed by atoms with Crippen molar-refractivity contribution in [1.82, 2.24) is 4.98 Å². The third kappa shape index (κ3) is 4.23. The number of aryl methyl sites for hydroxylation is 1. The summed E-state index contributed by atoms with van der Waals surface area (Å²) in [7, 11) is 3.17. The SMILES string of the molecule is COc1ccccc1-c1coc2c(C)c(OC)c(/C(C)=C/C(=O)Nc3ncc([N+](=O)[O-])s3)cc12. The molecule has 2 aromatic heterocycles. The number of amides is 1. The van der Waals surface area contributed by atoms with E-state index in [-0.39, 0.29) is 10.1 Å². The Balaban J connectivity index is 1.76. The van der Waals surface area contributed by atoms with E-state index >= 15 is 0 Å². The van der Waals surface area contributed by atoms with Crippen LogP contribution in [0.2, 0.25) is 0 Å². The molecule has 10 heteroatoms. The molecule has 0 saturated carbocycles. The van der Waals surface area contributed by atoms with Crippen molar-refractivity contribution in [3.8, 4) is 22.6 Å². The first-order chi connectivity index (χ1) is 16.3. The molecule has 0 aliphatic carbocycles. The lowest BCUT2D eigenvalue weighted by Crippen LogP contribution is -2.08. The predicted octanol–water partition coefficient (Wildman–Crippen LogP) is 5.83. The maximum absolute atomic E-state index is 12.6. The zero-order valence-corrected chi connectivity index (χ0v) is 19.7. The molecule has 0 bridgehead atoms. The van der Waals surface area contributed by atoms with Gasteiger partial charge in [-0.2, -0.15) is 0 Å². The van der Waals surface area contributed by atoms with Gasteiger partial charge in [-0.05, 0) is 42.9 Å². The molecule has 0 radical (unpaired) electrons. The van der Waals surface area contributed by atoms with Crippen LogP contribution in [0.25, 0.3) is 27.7 Å². The van der Waals surface area contributed by atoms with Crippen LogP contribution in [0.3, 0.4) is 0 Å². The van der Waals surface area contributed by atoms with E-state index in [0.29, 0.717) is 28.2 Å². The zero-order chi connectivity index (χ0) is 24.4. The van der Waals surface area contributed by atoms with Gasteiger partial charge in [0.2, 0.25) is 5.91 Å². The fourth-order valence-corrected chi connectivity index (χ4v) is 4.41. The third-order valence-corrected chi connectivity index (χ3v) is 6.19. The van der Waals surface area contributed by atoms with Gasteiger partial charge in [-0.1, -0.05) is 18.2 Å². The van der Waals surface area contributed by atoms with Gasteiger partial charge in [0.1, 0.15) is 23.3 Å². The molecule has 174 valence electrons. The van der Waals surface area contributed by atoms with E-state index < -0.39 is 10.8 Å². The molecule has 0 aliphatic rings. The number of nitro groups is 1. The summed E-state index contributed by atoms with van der Waals surface area (Å²) in [5, 5.41) is 14.3. The van der Waals surface area contributed by atoms with Gasteiger partial charge in [-0.3, -0.25) is 20.2 Å². The largest absolute Gasteiger partial charge is 0.496 e. The highest BCUT2D eigenvalue weighted by atomic mass is 32.1. The monoisotopic (exact) mass is 479 g/mol. The minimum Gasteiger partial charge on any atom is -0.496 e. The van der Waals surface area contributed by atoms with Crippen molar-refractivity contribution >= 4 is 43.9 Å². The van der Waals surface area contributed by atoms with E-state index in [1.807, 2.05) is 37.3 Å². The number of rotatable bonds is 7. The Morgan fingerprint density at radius 2 is 2.00 bits per heavy atom. The van der Waals surface area contributed by atoms with Crippen LogP contribution in [-0.2, 0) is 4.79 Å². The molecule has 0 spiro atoms. The van der Waals surface area contributed by atoms with Crippen LogP contribution in [0.15, 0.2) is 53.3 Å². The molecule has 0 saturated heterocycles. The number of aromatic nitrogens is 1. The quantitative estimate of drug-likeness (QED) is 0.201. The Kier molecular flexibility index (Phi) is 6.33. The minimum atomic E-state index is -0.554. The number of para-hydroxylation sites is 1. The third-order valence-electron chi connectivity index (χ3n) is 5.32. The van der Waals surface area contributed by atoms with Crippen molar-refractivity contribution in [2.45, 2.75) is 13.8 Å². The highest BCUT2D eigenvalue weighted by Gasteiger charge is 2.20. The molecule has 34 heavy (non-hydrogen) atoms. The fourth-order valence-electron chi connectivity index (χ4n) is 3.77. The summed E-state index contributed by atoms with van der Waals surface area (Å²) in [6, 6.07) is 9.56. The molecule has 0 aliphatic heterocycles. The number of methoxy groups -OCH3 is 2. The lowest BCUT2D eigenvalue weighted by Gasteiger charge is -2.13. The normalized spacial score (nSPS) is 11.5. The van der Waals surface area contributed by atoms with Gasteiger partial charge in [0.15, 0.2) is 5.13 Å². The maximum atomic E-state index is 12.6.